The highest BCUT2D eigenvalue weighted by Gasteiger charge is 2.37. The number of hydrogen-bond acceptors (Lipinski definition) is 5. The molecule has 0 N–H and O–H groups in total. The quantitative estimate of drug-likeness (QED) is 0.407. The molecule has 2 aromatic carbocycles. The van der Waals surface area contributed by atoms with E-state index in [-0.39, 0.29) is 35.3 Å². The minimum Gasteiger partial charge on any atom is -0.467 e. The van der Waals surface area contributed by atoms with Gasteiger partial charge in [-0.2, -0.15) is 0 Å². The second-order valence-electron chi connectivity index (χ2n) is 9.29. The number of hydrogen-bond donors (Lipinski definition) is 0. The van der Waals surface area contributed by atoms with Crippen LogP contribution in [0, 0.1) is 19.8 Å². The fraction of sp³-hybridized carbons (Fsp3) is 0.286. The Hall–Kier alpha value is -4.00. The summed E-state index contributed by atoms with van der Waals surface area (Å²) in [7, 11) is 0. The normalized spacial score (nSPS) is 16.1. The van der Waals surface area contributed by atoms with Crippen molar-refractivity contribution in [2.24, 2.45) is 5.92 Å². The molecule has 1 aromatic heterocycles. The lowest BCUT2D eigenvalue weighted by Crippen LogP contribution is -2.40. The lowest BCUT2D eigenvalue weighted by Gasteiger charge is -2.31. The van der Waals surface area contributed by atoms with Gasteiger partial charge in [0.2, 0.25) is 0 Å². The number of Topliss-reactive ketones (excluding diaryl/α,β-unsaturated/α-hetero) is 1. The summed E-state index contributed by atoms with van der Waals surface area (Å²) in [5.74, 6) is -0.508. The summed E-state index contributed by atoms with van der Waals surface area (Å²) in [6, 6.07) is 13.9. The number of piperidine rings is 1. The van der Waals surface area contributed by atoms with Gasteiger partial charge in [-0.3, -0.25) is 24.1 Å². The molecule has 0 unspecified atom stereocenters. The predicted molar refractivity (Wildman–Crippen MR) is 128 cm³/mol. The van der Waals surface area contributed by atoms with Crippen molar-refractivity contribution in [1.29, 1.82) is 0 Å². The molecule has 3 aromatic rings. The minimum absolute atomic E-state index is 0.0463. The van der Waals surface area contributed by atoms with Crippen molar-refractivity contribution < 1.29 is 23.6 Å². The first-order valence-electron chi connectivity index (χ1n) is 11.8. The van der Waals surface area contributed by atoms with Crippen LogP contribution >= 0.6 is 0 Å². The number of aryl methyl sites for hydroxylation is 2. The van der Waals surface area contributed by atoms with Gasteiger partial charge in [0.25, 0.3) is 17.7 Å². The summed E-state index contributed by atoms with van der Waals surface area (Å²) < 4.78 is 5.27. The number of fused-ring (bicyclic) bond motifs is 1. The van der Waals surface area contributed by atoms with E-state index in [1.807, 2.05) is 32.0 Å². The van der Waals surface area contributed by atoms with Crippen molar-refractivity contribution in [3.8, 4) is 0 Å². The molecule has 5 rings (SSSR count). The molecule has 2 aliphatic rings. The van der Waals surface area contributed by atoms with Crippen molar-refractivity contribution >= 4 is 23.5 Å². The highest BCUT2D eigenvalue weighted by Crippen LogP contribution is 2.28. The second kappa shape index (κ2) is 8.98. The third kappa shape index (κ3) is 4.18. The van der Waals surface area contributed by atoms with E-state index in [4.69, 9.17) is 4.42 Å². The number of furan rings is 1. The molecule has 7 nitrogen and oxygen atoms in total. The zero-order valence-electron chi connectivity index (χ0n) is 19.7. The van der Waals surface area contributed by atoms with E-state index in [0.717, 1.165) is 21.6 Å². The molecule has 1 saturated heterocycles. The number of carbonyl (C=O) groups excluding carboxylic acids is 4. The van der Waals surface area contributed by atoms with E-state index in [9.17, 15) is 19.2 Å². The van der Waals surface area contributed by atoms with Crippen molar-refractivity contribution in [1.82, 2.24) is 9.80 Å². The van der Waals surface area contributed by atoms with Crippen LogP contribution in [0.5, 0.6) is 0 Å². The topological polar surface area (TPSA) is 87.9 Å². The number of amides is 3. The van der Waals surface area contributed by atoms with Crippen LogP contribution in [-0.2, 0) is 6.54 Å². The molecule has 7 heteroatoms. The molecule has 3 amide bonds. The smallest absolute Gasteiger partial charge is 0.261 e. The van der Waals surface area contributed by atoms with E-state index >= 15 is 0 Å². The van der Waals surface area contributed by atoms with Gasteiger partial charge >= 0.3 is 0 Å². The Balaban J connectivity index is 1.26. The Morgan fingerprint density at radius 1 is 0.943 bits per heavy atom. The maximum atomic E-state index is 13.2. The first kappa shape index (κ1) is 22.8. The highest BCUT2D eigenvalue weighted by molar-refractivity contribution is 6.22. The van der Waals surface area contributed by atoms with E-state index in [0.29, 0.717) is 37.3 Å². The standard InChI is InChI=1S/C28H26N2O5/c1-17-5-7-22(18(2)14-17)25(31)19-9-11-29(12-10-19)26(32)20-6-8-23-24(15-20)28(34)30(27(23)33)16-21-4-3-13-35-21/h3-8,13-15,19H,9-12,16H2,1-2H3. The van der Waals surface area contributed by atoms with Crippen LogP contribution in [0.15, 0.2) is 59.2 Å². The molecular formula is C28H26N2O5. The molecule has 0 bridgehead atoms. The van der Waals surface area contributed by atoms with E-state index in [2.05, 4.69) is 0 Å². The van der Waals surface area contributed by atoms with E-state index < -0.39 is 11.8 Å². The Morgan fingerprint density at radius 3 is 2.37 bits per heavy atom. The zero-order chi connectivity index (χ0) is 24.7. The number of benzene rings is 2. The van der Waals surface area contributed by atoms with Gasteiger partial charge in [0.1, 0.15) is 5.76 Å². The third-order valence-electron chi connectivity index (χ3n) is 6.91. The fourth-order valence-corrected chi connectivity index (χ4v) is 4.96. The number of nitrogens with zero attached hydrogens (tertiary/aromatic N) is 2. The number of ketones is 1. The van der Waals surface area contributed by atoms with Gasteiger partial charge in [-0.05, 0) is 62.6 Å². The van der Waals surface area contributed by atoms with Crippen molar-refractivity contribution in [3.63, 3.8) is 0 Å². The first-order valence-corrected chi connectivity index (χ1v) is 11.8. The summed E-state index contributed by atoms with van der Waals surface area (Å²) in [6.45, 7) is 4.94. The van der Waals surface area contributed by atoms with Gasteiger partial charge < -0.3 is 9.32 Å². The molecule has 0 saturated carbocycles. The third-order valence-corrected chi connectivity index (χ3v) is 6.91. The highest BCUT2D eigenvalue weighted by atomic mass is 16.3. The summed E-state index contributed by atoms with van der Waals surface area (Å²) in [4.78, 5) is 54.7. The molecule has 178 valence electrons. The monoisotopic (exact) mass is 470 g/mol. The fourth-order valence-electron chi connectivity index (χ4n) is 4.96. The summed E-state index contributed by atoms with van der Waals surface area (Å²) in [5, 5.41) is 0. The van der Waals surface area contributed by atoms with Crippen LogP contribution in [0.25, 0.3) is 0 Å². The number of rotatable bonds is 5. The van der Waals surface area contributed by atoms with Gasteiger partial charge in [0, 0.05) is 30.1 Å². The number of likely N-dealkylation sites (tertiary alicyclic amines) is 1. The molecule has 3 heterocycles. The molecular weight excluding hydrogens is 444 g/mol. The second-order valence-corrected chi connectivity index (χ2v) is 9.29. The maximum Gasteiger partial charge on any atom is 0.261 e. The summed E-state index contributed by atoms with van der Waals surface area (Å²) >= 11 is 0. The van der Waals surface area contributed by atoms with Crippen LogP contribution in [0.1, 0.15) is 71.2 Å². The van der Waals surface area contributed by atoms with Crippen molar-refractivity contribution in [2.75, 3.05) is 13.1 Å². The molecule has 1 fully saturated rings. The van der Waals surface area contributed by atoms with Gasteiger partial charge in [0.15, 0.2) is 5.78 Å². The van der Waals surface area contributed by atoms with Gasteiger partial charge in [-0.15, -0.1) is 0 Å². The minimum atomic E-state index is -0.436. The van der Waals surface area contributed by atoms with Crippen LogP contribution in [0.2, 0.25) is 0 Å². The van der Waals surface area contributed by atoms with Crippen LogP contribution < -0.4 is 0 Å². The lowest BCUT2D eigenvalue weighted by molar-refractivity contribution is 0.0631. The molecule has 35 heavy (non-hydrogen) atoms. The zero-order valence-corrected chi connectivity index (χ0v) is 19.7. The van der Waals surface area contributed by atoms with Crippen LogP contribution in [0.4, 0.5) is 0 Å². The maximum absolute atomic E-state index is 13.2. The predicted octanol–water partition coefficient (Wildman–Crippen LogP) is 4.43. The number of carbonyl (C=O) groups is 4. The Morgan fingerprint density at radius 2 is 1.69 bits per heavy atom. The van der Waals surface area contributed by atoms with Crippen molar-refractivity contribution in [2.45, 2.75) is 33.2 Å². The Labute approximate surface area is 203 Å². The largest absolute Gasteiger partial charge is 0.467 e. The molecule has 0 radical (unpaired) electrons. The van der Waals surface area contributed by atoms with E-state index in [1.54, 1.807) is 29.2 Å². The summed E-state index contributed by atoms with van der Waals surface area (Å²) in [5.41, 5.74) is 3.73. The van der Waals surface area contributed by atoms with Crippen LogP contribution in [0.3, 0.4) is 0 Å². The Bertz CT molecular complexity index is 1330. The van der Waals surface area contributed by atoms with Gasteiger partial charge in [-0.1, -0.05) is 23.8 Å². The average molecular weight is 471 g/mol. The van der Waals surface area contributed by atoms with Gasteiger partial charge in [-0.25, -0.2) is 0 Å². The molecule has 0 aliphatic carbocycles. The average Bonchev–Trinajstić information content (AvgIpc) is 3.46. The van der Waals surface area contributed by atoms with E-state index in [1.165, 1.54) is 12.3 Å². The van der Waals surface area contributed by atoms with Crippen molar-refractivity contribution in [3.05, 3.63) is 93.9 Å². The molecule has 0 spiro atoms. The number of imide groups is 1. The Kier molecular flexibility index (Phi) is 5.84. The van der Waals surface area contributed by atoms with Gasteiger partial charge in [0.05, 0.1) is 23.9 Å². The molecule has 2 aliphatic heterocycles. The first-order chi connectivity index (χ1) is 16.8. The van der Waals surface area contributed by atoms with Crippen LogP contribution in [-0.4, -0.2) is 46.4 Å². The summed E-state index contributed by atoms with van der Waals surface area (Å²) in [6.07, 6.45) is 2.68. The SMILES string of the molecule is Cc1ccc(C(=O)C2CCN(C(=O)c3ccc4c(c3)C(=O)N(Cc3ccco3)C4=O)CC2)c(C)c1. The lowest BCUT2D eigenvalue weighted by atomic mass is 9.86. The molecule has 0 atom stereocenters.